The predicted octanol–water partition coefficient (Wildman–Crippen LogP) is 5.46. The van der Waals surface area contributed by atoms with Gasteiger partial charge in [0, 0.05) is 12.1 Å². The highest BCUT2D eigenvalue weighted by molar-refractivity contribution is 5.92. The molecule has 0 atom stereocenters. The smallest absolute Gasteiger partial charge is 0.309 e. The van der Waals surface area contributed by atoms with Crippen LogP contribution in [-0.4, -0.2) is 15.3 Å². The molecule has 3 rings (SSSR count). The van der Waals surface area contributed by atoms with Crippen molar-refractivity contribution in [2.45, 2.75) is 65.5 Å². The molecular formula is C20H26F3N3O. The minimum atomic E-state index is -4.43. The van der Waals surface area contributed by atoms with Crippen molar-refractivity contribution in [1.82, 2.24) is 9.38 Å². The molecule has 0 aromatic carbocycles. The average Bonchev–Trinajstić information content (AvgIpc) is 2.90. The molecule has 2 aromatic heterocycles. The number of carbonyl (C=O) groups is 1. The Balaban J connectivity index is 1.99. The third kappa shape index (κ3) is 4.62. The first-order chi connectivity index (χ1) is 12.5. The fraction of sp³-hybridized carbons (Fsp3) is 0.600. The number of hydrogen-bond donors (Lipinski definition) is 1. The van der Waals surface area contributed by atoms with E-state index in [4.69, 9.17) is 0 Å². The van der Waals surface area contributed by atoms with Gasteiger partial charge in [-0.1, -0.05) is 40.0 Å². The van der Waals surface area contributed by atoms with Gasteiger partial charge < -0.3 is 9.72 Å². The highest BCUT2D eigenvalue weighted by atomic mass is 19.4. The molecule has 7 heteroatoms. The molecule has 0 bridgehead atoms. The molecule has 0 spiro atoms. The number of anilines is 1. The van der Waals surface area contributed by atoms with Crippen LogP contribution in [0.5, 0.6) is 0 Å². The molecule has 2 heterocycles. The molecule has 4 nitrogen and oxygen atoms in total. The molecule has 1 saturated carbocycles. The Hall–Kier alpha value is -2.05. The number of fused-ring (bicyclic) bond motifs is 1. The average molecular weight is 381 g/mol. The molecule has 1 amide bonds. The van der Waals surface area contributed by atoms with Crippen molar-refractivity contribution in [1.29, 1.82) is 0 Å². The van der Waals surface area contributed by atoms with Crippen molar-refractivity contribution in [3.8, 4) is 0 Å². The Morgan fingerprint density at radius 2 is 1.85 bits per heavy atom. The van der Waals surface area contributed by atoms with E-state index < -0.39 is 11.7 Å². The summed E-state index contributed by atoms with van der Waals surface area (Å²) in [4.78, 5) is 17.1. The van der Waals surface area contributed by atoms with Crippen LogP contribution in [0, 0.1) is 11.3 Å². The van der Waals surface area contributed by atoms with E-state index in [-0.39, 0.29) is 17.2 Å². The van der Waals surface area contributed by atoms with Crippen LogP contribution in [0.15, 0.2) is 18.3 Å². The summed E-state index contributed by atoms with van der Waals surface area (Å²) in [7, 11) is 0. The Bertz CT molecular complexity index is 827. The lowest BCUT2D eigenvalue weighted by Crippen LogP contribution is -2.26. The highest BCUT2D eigenvalue weighted by Crippen LogP contribution is 2.33. The number of alkyl halides is 3. The molecule has 0 unspecified atom stereocenters. The van der Waals surface area contributed by atoms with E-state index in [1.807, 2.05) is 20.8 Å². The minimum Gasteiger partial charge on any atom is -0.309 e. The summed E-state index contributed by atoms with van der Waals surface area (Å²) in [5.74, 6) is 0.251. The van der Waals surface area contributed by atoms with Gasteiger partial charge in [-0.3, -0.25) is 4.79 Å². The van der Waals surface area contributed by atoms with Gasteiger partial charge >= 0.3 is 6.18 Å². The number of halogens is 3. The standard InChI is InChI=1S/C20H26F3N3O/c1-19(2,3)11-15-17(25-18(27)13-7-5-4-6-8-13)24-16-10-9-14(12-26(15)16)20(21,22)23/h9-10,12-13H,4-8,11H2,1-3H3,(H,25,27). The number of nitrogens with zero attached hydrogens (tertiary/aromatic N) is 2. The first-order valence-electron chi connectivity index (χ1n) is 9.44. The largest absolute Gasteiger partial charge is 0.417 e. The first kappa shape index (κ1) is 19.7. The number of carbonyl (C=O) groups excluding carboxylic acids is 1. The van der Waals surface area contributed by atoms with Gasteiger partial charge in [0.25, 0.3) is 0 Å². The molecule has 1 aliphatic rings. The van der Waals surface area contributed by atoms with E-state index in [2.05, 4.69) is 10.3 Å². The van der Waals surface area contributed by atoms with Crippen LogP contribution in [0.1, 0.15) is 64.1 Å². The first-order valence-corrected chi connectivity index (χ1v) is 9.44. The van der Waals surface area contributed by atoms with Crippen molar-refractivity contribution in [3.63, 3.8) is 0 Å². The number of amides is 1. The lowest BCUT2D eigenvalue weighted by atomic mass is 9.88. The summed E-state index contributed by atoms with van der Waals surface area (Å²) in [6.07, 6.45) is 2.06. The van der Waals surface area contributed by atoms with E-state index in [1.165, 1.54) is 10.5 Å². The summed E-state index contributed by atoms with van der Waals surface area (Å²) in [5.41, 5.74) is 0.107. The fourth-order valence-electron chi connectivity index (χ4n) is 3.62. The van der Waals surface area contributed by atoms with Crippen LogP contribution in [0.25, 0.3) is 5.65 Å². The number of pyridine rings is 1. The minimum absolute atomic E-state index is 0.0446. The molecule has 0 radical (unpaired) electrons. The molecular weight excluding hydrogens is 355 g/mol. The van der Waals surface area contributed by atoms with Gasteiger partial charge in [-0.05, 0) is 36.8 Å². The molecule has 0 aliphatic heterocycles. The van der Waals surface area contributed by atoms with Gasteiger partial charge in [0.05, 0.1) is 11.3 Å². The van der Waals surface area contributed by atoms with Gasteiger partial charge in [-0.15, -0.1) is 0 Å². The second-order valence-electron chi connectivity index (χ2n) is 8.61. The van der Waals surface area contributed by atoms with Crippen LogP contribution in [0.4, 0.5) is 19.0 Å². The monoisotopic (exact) mass is 381 g/mol. The zero-order valence-corrected chi connectivity index (χ0v) is 16.0. The maximum absolute atomic E-state index is 13.1. The summed E-state index contributed by atoms with van der Waals surface area (Å²) in [6, 6.07) is 2.38. The van der Waals surface area contributed by atoms with Crippen molar-refractivity contribution < 1.29 is 18.0 Å². The quantitative estimate of drug-likeness (QED) is 0.767. The zero-order chi connectivity index (χ0) is 19.8. The van der Waals surface area contributed by atoms with E-state index in [1.54, 1.807) is 0 Å². The summed E-state index contributed by atoms with van der Waals surface area (Å²) >= 11 is 0. The van der Waals surface area contributed by atoms with Crippen molar-refractivity contribution in [3.05, 3.63) is 29.6 Å². The van der Waals surface area contributed by atoms with Crippen molar-refractivity contribution >= 4 is 17.4 Å². The van der Waals surface area contributed by atoms with Gasteiger partial charge in [-0.2, -0.15) is 13.2 Å². The van der Waals surface area contributed by atoms with Gasteiger partial charge in [0.2, 0.25) is 5.91 Å². The number of nitrogens with one attached hydrogen (secondary N) is 1. The number of imidazole rings is 1. The molecule has 0 saturated heterocycles. The topological polar surface area (TPSA) is 46.4 Å². The van der Waals surface area contributed by atoms with Crippen molar-refractivity contribution in [2.24, 2.45) is 11.3 Å². The summed E-state index contributed by atoms with van der Waals surface area (Å²) < 4.78 is 40.9. The van der Waals surface area contributed by atoms with Gasteiger partial charge in [0.15, 0.2) is 5.82 Å². The van der Waals surface area contributed by atoms with E-state index in [9.17, 15) is 18.0 Å². The summed E-state index contributed by atoms with van der Waals surface area (Å²) in [6.45, 7) is 6.02. The third-order valence-corrected chi connectivity index (χ3v) is 4.96. The molecule has 1 fully saturated rings. The second-order valence-corrected chi connectivity index (χ2v) is 8.61. The van der Waals surface area contributed by atoms with E-state index in [0.29, 0.717) is 23.6 Å². The molecule has 2 aromatic rings. The van der Waals surface area contributed by atoms with Crippen LogP contribution in [0.2, 0.25) is 0 Å². The Labute approximate surface area is 157 Å². The van der Waals surface area contributed by atoms with Crippen LogP contribution in [0.3, 0.4) is 0 Å². The maximum atomic E-state index is 13.1. The van der Waals surface area contributed by atoms with Crippen molar-refractivity contribution in [2.75, 3.05) is 5.32 Å². The van der Waals surface area contributed by atoms with Crippen LogP contribution < -0.4 is 5.32 Å². The molecule has 1 aliphatic carbocycles. The van der Waals surface area contributed by atoms with E-state index >= 15 is 0 Å². The lowest BCUT2D eigenvalue weighted by molar-refractivity contribution is -0.137. The predicted molar refractivity (Wildman–Crippen MR) is 98.6 cm³/mol. The molecule has 1 N–H and O–H groups in total. The van der Waals surface area contributed by atoms with Crippen LogP contribution in [-0.2, 0) is 17.4 Å². The second kappa shape index (κ2) is 7.17. The van der Waals surface area contributed by atoms with Gasteiger partial charge in [0.1, 0.15) is 5.65 Å². The molecule has 27 heavy (non-hydrogen) atoms. The number of hydrogen-bond acceptors (Lipinski definition) is 2. The van der Waals surface area contributed by atoms with Crippen LogP contribution >= 0.6 is 0 Å². The SMILES string of the molecule is CC(C)(C)Cc1c(NC(=O)C2CCCCC2)nc2ccc(C(F)(F)F)cn12. The lowest BCUT2D eigenvalue weighted by Gasteiger charge is -2.22. The normalized spacial score (nSPS) is 16.7. The third-order valence-electron chi connectivity index (χ3n) is 4.96. The maximum Gasteiger partial charge on any atom is 0.417 e. The Kier molecular flexibility index (Phi) is 5.23. The Morgan fingerprint density at radius 3 is 2.44 bits per heavy atom. The van der Waals surface area contributed by atoms with E-state index in [0.717, 1.165) is 44.4 Å². The Morgan fingerprint density at radius 1 is 1.19 bits per heavy atom. The molecule has 148 valence electrons. The number of rotatable bonds is 3. The number of aromatic nitrogens is 2. The van der Waals surface area contributed by atoms with Gasteiger partial charge in [-0.25, -0.2) is 4.98 Å². The zero-order valence-electron chi connectivity index (χ0n) is 16.0. The summed E-state index contributed by atoms with van der Waals surface area (Å²) in [5, 5.41) is 2.90. The highest BCUT2D eigenvalue weighted by Gasteiger charge is 2.32. The fourth-order valence-corrected chi connectivity index (χ4v) is 3.62.